The number of sulfonamides is 1. The summed E-state index contributed by atoms with van der Waals surface area (Å²) in [5, 5.41) is 21.7. The fraction of sp³-hybridized carbons (Fsp3) is 0.233. The van der Waals surface area contributed by atoms with Crippen molar-refractivity contribution in [3.63, 3.8) is 0 Å². The second-order valence-electron chi connectivity index (χ2n) is 9.47. The van der Waals surface area contributed by atoms with Crippen LogP contribution in [0.1, 0.15) is 35.6 Å². The van der Waals surface area contributed by atoms with Gasteiger partial charge < -0.3 is 4.74 Å². The highest BCUT2D eigenvalue weighted by Crippen LogP contribution is 2.55. The van der Waals surface area contributed by atoms with Gasteiger partial charge in [-0.05, 0) is 54.4 Å². The van der Waals surface area contributed by atoms with Gasteiger partial charge in [-0.15, -0.1) is 6.58 Å². The van der Waals surface area contributed by atoms with E-state index in [-0.39, 0.29) is 17.2 Å². The Bertz CT molecular complexity index is 1560. The zero-order valence-electron chi connectivity index (χ0n) is 21.4. The second kappa shape index (κ2) is 11.0. The highest BCUT2D eigenvalue weighted by atomic mass is 35.5. The molecule has 1 heterocycles. The molecule has 3 aromatic carbocycles. The van der Waals surface area contributed by atoms with E-state index >= 15 is 0 Å². The Morgan fingerprint density at radius 2 is 1.59 bits per heavy atom. The summed E-state index contributed by atoms with van der Waals surface area (Å²) in [7, 11) is -4.19. The minimum atomic E-state index is -4.19. The molecule has 1 aliphatic rings. The predicted molar refractivity (Wildman–Crippen MR) is 147 cm³/mol. The molecule has 0 bridgehead atoms. The van der Waals surface area contributed by atoms with E-state index in [4.69, 9.17) is 16.3 Å². The van der Waals surface area contributed by atoms with Crippen molar-refractivity contribution in [1.82, 2.24) is 4.31 Å². The number of halogens is 1. The topological polar surface area (TPSA) is 111 Å². The number of benzene rings is 3. The van der Waals surface area contributed by atoms with Crippen molar-refractivity contribution in [2.45, 2.75) is 30.7 Å². The molecular formula is C30H26ClN3O4S. The number of esters is 1. The van der Waals surface area contributed by atoms with Crippen LogP contribution in [0.5, 0.6) is 5.75 Å². The Balaban J connectivity index is 1.97. The molecule has 1 fully saturated rings. The molecule has 0 spiro atoms. The Morgan fingerprint density at radius 3 is 2.10 bits per heavy atom. The molecule has 198 valence electrons. The van der Waals surface area contributed by atoms with E-state index in [2.05, 4.69) is 18.7 Å². The Kier molecular flexibility index (Phi) is 7.94. The van der Waals surface area contributed by atoms with Crippen molar-refractivity contribution in [1.29, 1.82) is 10.5 Å². The number of allylic oxidation sites excluding steroid dienone is 1. The van der Waals surface area contributed by atoms with Crippen molar-refractivity contribution in [2.24, 2.45) is 11.3 Å². The summed E-state index contributed by atoms with van der Waals surface area (Å²) in [4.78, 5) is 11.5. The highest BCUT2D eigenvalue weighted by molar-refractivity contribution is 7.89. The number of hydrogen-bond acceptors (Lipinski definition) is 6. The van der Waals surface area contributed by atoms with Crippen LogP contribution in [0.4, 0.5) is 0 Å². The maximum absolute atomic E-state index is 14.2. The second-order valence-corrected chi connectivity index (χ2v) is 11.8. The third-order valence-electron chi connectivity index (χ3n) is 7.06. The van der Waals surface area contributed by atoms with Gasteiger partial charge in [-0.1, -0.05) is 59.6 Å². The van der Waals surface area contributed by atoms with Gasteiger partial charge in [-0.25, -0.2) is 8.42 Å². The van der Waals surface area contributed by atoms with E-state index in [0.29, 0.717) is 10.6 Å². The van der Waals surface area contributed by atoms with Crippen molar-refractivity contribution in [3.8, 4) is 17.9 Å². The maximum atomic E-state index is 14.2. The van der Waals surface area contributed by atoms with Crippen LogP contribution in [0.15, 0.2) is 90.3 Å². The van der Waals surface area contributed by atoms with Gasteiger partial charge in [0.15, 0.2) is 5.41 Å². The summed E-state index contributed by atoms with van der Waals surface area (Å²) in [6, 6.07) is 22.7. The first kappa shape index (κ1) is 28.1. The average Bonchev–Trinajstić information content (AvgIpc) is 2.92. The minimum Gasteiger partial charge on any atom is -0.427 e. The lowest BCUT2D eigenvalue weighted by atomic mass is 9.61. The lowest BCUT2D eigenvalue weighted by Crippen LogP contribution is -2.54. The summed E-state index contributed by atoms with van der Waals surface area (Å²) in [5.74, 6) is -1.54. The first-order valence-corrected chi connectivity index (χ1v) is 14.0. The normalized spacial score (nSPS) is 20.8. The van der Waals surface area contributed by atoms with E-state index in [1.54, 1.807) is 54.6 Å². The number of ether oxygens (including phenoxy) is 1. The summed E-state index contributed by atoms with van der Waals surface area (Å²) < 4.78 is 34.8. The van der Waals surface area contributed by atoms with Crippen LogP contribution >= 0.6 is 11.6 Å². The summed E-state index contributed by atoms with van der Waals surface area (Å²) in [5.41, 5.74) is 0.183. The monoisotopic (exact) mass is 559 g/mol. The van der Waals surface area contributed by atoms with E-state index in [1.807, 2.05) is 6.92 Å². The predicted octanol–water partition coefficient (Wildman–Crippen LogP) is 5.94. The first-order valence-electron chi connectivity index (χ1n) is 12.1. The van der Waals surface area contributed by atoms with Gasteiger partial charge in [-0.3, -0.25) is 4.79 Å². The van der Waals surface area contributed by atoms with Gasteiger partial charge >= 0.3 is 5.97 Å². The maximum Gasteiger partial charge on any atom is 0.308 e. The van der Waals surface area contributed by atoms with Gasteiger partial charge in [0, 0.05) is 30.3 Å². The van der Waals surface area contributed by atoms with Crippen molar-refractivity contribution >= 4 is 27.6 Å². The molecule has 7 nitrogen and oxygen atoms in total. The molecule has 1 saturated heterocycles. The minimum absolute atomic E-state index is 0.0179. The van der Waals surface area contributed by atoms with Crippen LogP contribution in [-0.2, 0) is 14.8 Å². The highest BCUT2D eigenvalue weighted by Gasteiger charge is 2.58. The molecule has 0 N–H and O–H groups in total. The molecule has 4 rings (SSSR count). The smallest absolute Gasteiger partial charge is 0.308 e. The first-order chi connectivity index (χ1) is 18.6. The van der Waals surface area contributed by atoms with E-state index < -0.39 is 39.3 Å². The van der Waals surface area contributed by atoms with E-state index in [0.717, 1.165) is 11.1 Å². The standard InChI is InChI=1S/C30H26ClN3O4S/c1-4-28-27(22-7-11-24(31)12-8-22)17-34(39(36,37)26-15-5-20(2)6-16-26)29(30(28,18-32)19-33)23-9-13-25(14-10-23)38-21(3)35/h4-16,27-29H,1,17H2,2-3H3/t27-,28+,29-/m0/s1. The number of piperidine rings is 1. The molecule has 3 aromatic rings. The molecule has 0 amide bonds. The molecule has 39 heavy (non-hydrogen) atoms. The fourth-order valence-electron chi connectivity index (χ4n) is 5.20. The number of rotatable bonds is 6. The number of nitriles is 2. The van der Waals surface area contributed by atoms with Gasteiger partial charge in [0.1, 0.15) is 5.75 Å². The summed E-state index contributed by atoms with van der Waals surface area (Å²) in [6.07, 6.45) is 1.56. The molecule has 0 aromatic heterocycles. The Hall–Kier alpha value is -3.95. The van der Waals surface area contributed by atoms with Gasteiger partial charge in [0.05, 0.1) is 23.1 Å². The van der Waals surface area contributed by atoms with Gasteiger partial charge in [0.2, 0.25) is 10.0 Å². The Labute approximate surface area is 233 Å². The molecule has 0 saturated carbocycles. The van der Waals surface area contributed by atoms with Crippen LogP contribution in [0.25, 0.3) is 0 Å². The number of nitrogens with zero attached hydrogens (tertiary/aromatic N) is 3. The number of hydrogen-bond donors (Lipinski definition) is 0. The molecule has 0 radical (unpaired) electrons. The molecular weight excluding hydrogens is 534 g/mol. The van der Waals surface area contributed by atoms with Gasteiger partial charge in [-0.2, -0.15) is 14.8 Å². The molecule has 9 heteroatoms. The van der Waals surface area contributed by atoms with Crippen LogP contribution in [0, 0.1) is 40.9 Å². The van der Waals surface area contributed by atoms with Crippen molar-refractivity contribution in [2.75, 3.05) is 6.54 Å². The number of carbonyl (C=O) groups is 1. The third-order valence-corrected chi connectivity index (χ3v) is 9.16. The largest absolute Gasteiger partial charge is 0.427 e. The molecule has 3 atom stereocenters. The van der Waals surface area contributed by atoms with Crippen molar-refractivity contribution in [3.05, 3.63) is 107 Å². The van der Waals surface area contributed by atoms with Crippen molar-refractivity contribution < 1.29 is 17.9 Å². The molecule has 1 aliphatic heterocycles. The summed E-state index contributed by atoms with van der Waals surface area (Å²) >= 11 is 6.11. The lowest BCUT2D eigenvalue weighted by molar-refractivity contribution is -0.131. The number of carbonyl (C=O) groups excluding carboxylic acids is 1. The van der Waals surface area contributed by atoms with Crippen LogP contribution < -0.4 is 4.74 Å². The zero-order valence-corrected chi connectivity index (χ0v) is 23.0. The Morgan fingerprint density at radius 1 is 1.03 bits per heavy atom. The van der Waals surface area contributed by atoms with E-state index in [9.17, 15) is 23.7 Å². The quantitative estimate of drug-likeness (QED) is 0.210. The summed E-state index contributed by atoms with van der Waals surface area (Å²) in [6.45, 7) is 7.05. The van der Waals surface area contributed by atoms with Crippen LogP contribution in [-0.4, -0.2) is 25.2 Å². The fourth-order valence-corrected chi connectivity index (χ4v) is 7.00. The van der Waals surface area contributed by atoms with Crippen LogP contribution in [0.2, 0.25) is 5.02 Å². The SMILES string of the molecule is C=C[C@@H]1[C@H](c2ccc(Cl)cc2)CN(S(=O)(=O)c2ccc(C)cc2)[C@@H](c2ccc(OC(C)=O)cc2)C1(C#N)C#N. The van der Waals surface area contributed by atoms with Gasteiger partial charge in [0.25, 0.3) is 0 Å². The molecule has 0 unspecified atom stereocenters. The molecule has 0 aliphatic carbocycles. The zero-order chi connectivity index (χ0) is 28.4. The third kappa shape index (κ3) is 5.20. The number of aryl methyl sites for hydroxylation is 1. The average molecular weight is 560 g/mol. The van der Waals surface area contributed by atoms with E-state index in [1.165, 1.54) is 35.5 Å². The van der Waals surface area contributed by atoms with Crippen LogP contribution in [0.3, 0.4) is 0 Å². The lowest BCUT2D eigenvalue weighted by Gasteiger charge is -2.49.